The molecule has 7 rings (SSSR count). The Morgan fingerprint density at radius 1 is 1.15 bits per heavy atom. The van der Waals surface area contributed by atoms with Gasteiger partial charge in [-0.25, -0.2) is 10.4 Å². The number of pyridine rings is 2. The fourth-order valence-electron chi connectivity index (χ4n) is 10.1. The highest BCUT2D eigenvalue weighted by atomic mass is 16.5. The van der Waals surface area contributed by atoms with Gasteiger partial charge < -0.3 is 39.2 Å². The van der Waals surface area contributed by atoms with E-state index in [-0.39, 0.29) is 56.5 Å². The number of aryl methyl sites for hydroxylation is 1. The average Bonchev–Trinajstić information content (AvgIpc) is 3.92. The zero-order valence-electron chi connectivity index (χ0n) is 39.7. The second-order valence-corrected chi connectivity index (χ2v) is 19.4. The number of nitrogens with zero attached hydrogens (tertiary/aromatic N) is 7. The summed E-state index contributed by atoms with van der Waals surface area (Å²) in [7, 11) is 3.25. The summed E-state index contributed by atoms with van der Waals surface area (Å²) in [5.41, 5.74) is 8.51. The van der Waals surface area contributed by atoms with Crippen LogP contribution in [0.25, 0.3) is 22.3 Å². The number of methoxy groups -OCH3 is 1. The molecule has 4 aliphatic rings. The number of hydrazine groups is 1. The lowest BCUT2D eigenvalue weighted by atomic mass is 9.84. The molecule has 3 N–H and O–H groups in total. The Hall–Kier alpha value is -5.65. The van der Waals surface area contributed by atoms with Gasteiger partial charge in [0.05, 0.1) is 48.0 Å². The maximum absolute atomic E-state index is 14.7. The Bertz CT molecular complexity index is 2380. The molecular weight excluding hydrogens is 843 g/mol. The van der Waals surface area contributed by atoms with Crippen LogP contribution in [0.2, 0.25) is 0 Å². The molecule has 6 atom stereocenters. The molecule has 0 aliphatic carbocycles. The molecule has 0 spiro atoms. The van der Waals surface area contributed by atoms with Gasteiger partial charge in [0, 0.05) is 76.0 Å². The van der Waals surface area contributed by atoms with Crippen molar-refractivity contribution in [3.05, 3.63) is 66.2 Å². The number of hydrogen-bond acceptors (Lipinski definition) is 12. The number of amides is 4. The minimum Gasteiger partial charge on any atom is -0.464 e. The number of likely N-dealkylation sites (tertiary alicyclic amines) is 1. The first-order chi connectivity index (χ1) is 31.4. The van der Waals surface area contributed by atoms with E-state index in [2.05, 4.69) is 54.8 Å². The SMILES string of the molecule is C=CC(=O)N1CC[C@H](C(=O)N(C)[C@H](C(=O)N[C@H]2CC3=CC(O)CN(C3)c3cnc4c(c3)c(c(-c3cccnc3[C@H](C)OC)n4CC)CC(C)(C)COC(=O)[C@@H]3CCCN(N3)C2=O)C(C)C)C1. The summed E-state index contributed by atoms with van der Waals surface area (Å²) in [6.07, 6.45) is 7.32. The van der Waals surface area contributed by atoms with Gasteiger partial charge in [-0.05, 0) is 87.3 Å². The second kappa shape index (κ2) is 20.1. The third kappa shape index (κ3) is 10.0. The van der Waals surface area contributed by atoms with Crippen molar-refractivity contribution in [1.82, 2.24) is 40.1 Å². The van der Waals surface area contributed by atoms with E-state index in [9.17, 15) is 29.1 Å². The molecular formula is C49H67N9O8. The number of cyclic esters (lactones) is 1. The lowest BCUT2D eigenvalue weighted by molar-refractivity contribution is -0.155. The highest BCUT2D eigenvalue weighted by Crippen LogP contribution is 2.41. The van der Waals surface area contributed by atoms with E-state index in [4.69, 9.17) is 19.4 Å². The smallest absolute Gasteiger partial charge is 0.324 e. The van der Waals surface area contributed by atoms with Gasteiger partial charge >= 0.3 is 5.97 Å². The topological polar surface area (TPSA) is 192 Å². The van der Waals surface area contributed by atoms with Gasteiger partial charge in [0.2, 0.25) is 17.7 Å². The van der Waals surface area contributed by atoms with Crippen molar-refractivity contribution in [2.45, 2.75) is 111 Å². The fraction of sp³-hybridized carbons (Fsp3) is 0.571. The summed E-state index contributed by atoms with van der Waals surface area (Å²) < 4.78 is 14.1. The third-order valence-electron chi connectivity index (χ3n) is 13.5. The molecule has 0 radical (unpaired) electrons. The number of likely N-dealkylation sites (N-methyl/N-ethyl adjacent to an activating group) is 1. The molecule has 6 bridgehead atoms. The maximum Gasteiger partial charge on any atom is 0.324 e. The number of carbonyl (C=O) groups is 5. The highest BCUT2D eigenvalue weighted by molar-refractivity contribution is 5.94. The molecule has 3 aromatic heterocycles. The van der Waals surface area contributed by atoms with E-state index in [0.29, 0.717) is 50.9 Å². The standard InChI is InChI=1S/C49H67N9O8/c1-10-40(60)55-19-16-32(26-55)46(62)54(8)42(29(3)4)45(61)52-39-21-31-20-34(59)27-56(25-31)33-22-36-37(23-49(6,7)28-66-48(64)38-15-13-18-58(53-38)47(39)63)43(57(11-2)44(36)51-24-33)35-14-12-17-50-41(35)30(5)65-9/h10,12,14,17,20,22,24,29-30,32,34,38-39,42,53,59H,1,11,13,15-16,18-19,21,23,25-28H2,2-9H3,(H,52,61)/t30-,32-,34?,38-,39-,42-/m0/s1. The van der Waals surface area contributed by atoms with Gasteiger partial charge in [-0.15, -0.1) is 0 Å². The Balaban J connectivity index is 1.27. The zero-order valence-corrected chi connectivity index (χ0v) is 39.7. The number of nitrogens with one attached hydrogen (secondary N) is 2. The fourth-order valence-corrected chi connectivity index (χ4v) is 10.1. The number of hydrogen-bond donors (Lipinski definition) is 3. The first kappa shape index (κ1) is 48.3. The first-order valence-corrected chi connectivity index (χ1v) is 23.3. The summed E-state index contributed by atoms with van der Waals surface area (Å²) >= 11 is 0. The molecule has 3 aromatic rings. The largest absolute Gasteiger partial charge is 0.464 e. The minimum atomic E-state index is -1.13. The average molecular weight is 910 g/mol. The number of fused-ring (bicyclic) bond motifs is 6. The van der Waals surface area contributed by atoms with Crippen LogP contribution in [0.3, 0.4) is 0 Å². The molecule has 17 nitrogen and oxygen atoms in total. The van der Waals surface area contributed by atoms with Crippen LogP contribution in [-0.2, 0) is 46.4 Å². The molecule has 66 heavy (non-hydrogen) atoms. The molecule has 4 aliphatic heterocycles. The summed E-state index contributed by atoms with van der Waals surface area (Å²) in [6, 6.07) is 3.18. The molecule has 4 amide bonds. The Labute approximate surface area is 387 Å². The van der Waals surface area contributed by atoms with Crippen LogP contribution in [-0.4, -0.2) is 142 Å². The van der Waals surface area contributed by atoms with Crippen LogP contribution in [0, 0.1) is 17.3 Å². The second-order valence-electron chi connectivity index (χ2n) is 19.4. The number of ether oxygens (including phenoxy) is 2. The van der Waals surface area contributed by atoms with Crippen LogP contribution in [0.1, 0.15) is 84.6 Å². The minimum absolute atomic E-state index is 0.0437. The molecule has 2 fully saturated rings. The van der Waals surface area contributed by atoms with Crippen LogP contribution in [0.15, 0.2) is 54.9 Å². The third-order valence-corrected chi connectivity index (χ3v) is 13.5. The number of aliphatic hydroxyl groups excluding tert-OH is 1. The quantitative estimate of drug-likeness (QED) is 0.151. The normalized spacial score (nSPS) is 23.5. The summed E-state index contributed by atoms with van der Waals surface area (Å²) in [6.45, 7) is 17.7. The number of aliphatic hydroxyl groups is 1. The predicted molar refractivity (Wildman–Crippen MR) is 250 cm³/mol. The number of aromatic nitrogens is 3. The van der Waals surface area contributed by atoms with Crippen molar-refractivity contribution in [1.29, 1.82) is 0 Å². The monoisotopic (exact) mass is 910 g/mol. The number of carbonyl (C=O) groups excluding carboxylic acids is 5. The van der Waals surface area contributed by atoms with E-state index < -0.39 is 53.3 Å². The summed E-state index contributed by atoms with van der Waals surface area (Å²) in [5.74, 6) is -2.81. The number of esters is 1. The lowest BCUT2D eigenvalue weighted by Crippen LogP contribution is -2.62. The van der Waals surface area contributed by atoms with Crippen molar-refractivity contribution < 1.29 is 38.6 Å². The van der Waals surface area contributed by atoms with Crippen LogP contribution in [0.5, 0.6) is 0 Å². The molecule has 0 saturated carbocycles. The van der Waals surface area contributed by atoms with Crippen molar-refractivity contribution in [3.63, 3.8) is 0 Å². The highest BCUT2D eigenvalue weighted by Gasteiger charge is 2.41. The molecule has 0 aromatic carbocycles. The van der Waals surface area contributed by atoms with Crippen molar-refractivity contribution in [2.24, 2.45) is 17.3 Å². The Morgan fingerprint density at radius 2 is 1.92 bits per heavy atom. The van der Waals surface area contributed by atoms with Gasteiger partial charge in [0.25, 0.3) is 5.91 Å². The first-order valence-electron chi connectivity index (χ1n) is 23.3. The van der Waals surface area contributed by atoms with Crippen molar-refractivity contribution >= 4 is 46.3 Å². The molecule has 7 heterocycles. The molecule has 2 saturated heterocycles. The molecule has 356 valence electrons. The Morgan fingerprint density at radius 3 is 2.64 bits per heavy atom. The van der Waals surface area contributed by atoms with Crippen LogP contribution < -0.4 is 15.6 Å². The van der Waals surface area contributed by atoms with Gasteiger partial charge in [-0.2, -0.15) is 0 Å². The molecule has 17 heteroatoms. The number of anilines is 1. The van der Waals surface area contributed by atoms with E-state index in [0.717, 1.165) is 39.2 Å². The van der Waals surface area contributed by atoms with Crippen molar-refractivity contribution in [3.8, 4) is 11.3 Å². The van der Waals surface area contributed by atoms with E-state index in [1.54, 1.807) is 31.3 Å². The van der Waals surface area contributed by atoms with Crippen molar-refractivity contribution in [2.75, 3.05) is 58.4 Å². The zero-order chi connectivity index (χ0) is 47.6. The van der Waals surface area contributed by atoms with E-state index in [1.807, 2.05) is 37.9 Å². The van der Waals surface area contributed by atoms with E-state index >= 15 is 0 Å². The van der Waals surface area contributed by atoms with E-state index in [1.165, 1.54) is 16.0 Å². The van der Waals surface area contributed by atoms with Gasteiger partial charge in [0.1, 0.15) is 23.8 Å². The predicted octanol–water partition coefficient (Wildman–Crippen LogP) is 3.95. The Kier molecular flexibility index (Phi) is 14.7. The van der Waals surface area contributed by atoms with Gasteiger partial charge in [-0.3, -0.25) is 34.0 Å². The summed E-state index contributed by atoms with van der Waals surface area (Å²) in [4.78, 5) is 84.3. The van der Waals surface area contributed by atoms with Crippen LogP contribution in [0.4, 0.5) is 5.69 Å². The molecule has 1 unspecified atom stereocenters. The summed E-state index contributed by atoms with van der Waals surface area (Å²) in [5, 5.41) is 16.8. The van der Waals surface area contributed by atoms with Gasteiger partial charge in [-0.1, -0.05) is 40.3 Å². The lowest BCUT2D eigenvalue weighted by Gasteiger charge is -2.38. The van der Waals surface area contributed by atoms with Gasteiger partial charge in [0.15, 0.2) is 0 Å². The van der Waals surface area contributed by atoms with Crippen LogP contribution >= 0.6 is 0 Å². The maximum atomic E-state index is 14.7. The number of rotatable bonds is 10.